The molecule has 0 heterocycles. The summed E-state index contributed by atoms with van der Waals surface area (Å²) in [6.45, 7) is 3.83. The summed E-state index contributed by atoms with van der Waals surface area (Å²) in [5.41, 5.74) is 11.8. The topological polar surface area (TPSA) is 215 Å². The fourth-order valence-corrected chi connectivity index (χ4v) is 6.88. The molecule has 0 spiro atoms. The van der Waals surface area contributed by atoms with E-state index in [2.05, 4.69) is 18.4 Å². The largest absolute Gasteiger partial charge is 0.474 e. The van der Waals surface area contributed by atoms with Gasteiger partial charge in [0.15, 0.2) is 6.29 Å². The van der Waals surface area contributed by atoms with Gasteiger partial charge in [0.2, 0.25) is 0 Å². The zero-order valence-corrected chi connectivity index (χ0v) is 33.0. The van der Waals surface area contributed by atoms with E-state index in [4.69, 9.17) is 20.5 Å². The van der Waals surface area contributed by atoms with Crippen molar-refractivity contribution < 1.29 is 47.6 Å². The fraction of sp³-hybridized carbons (Fsp3) is 0.889. The number of phosphoric acid groups is 2. The summed E-state index contributed by atoms with van der Waals surface area (Å²) >= 11 is 0. The first-order valence-corrected chi connectivity index (χ1v) is 22.5. The van der Waals surface area contributed by atoms with Crippen LogP contribution in [0.2, 0.25) is 0 Å². The Bertz CT molecular complexity index is 937. The minimum atomic E-state index is -5.25. The van der Waals surface area contributed by atoms with Crippen molar-refractivity contribution in [3.8, 4) is 0 Å². The number of allylic oxidation sites excluding steroid dienone is 2. The van der Waals surface area contributed by atoms with E-state index in [9.17, 15) is 34.0 Å². The normalized spacial score (nSPS) is 16.9. The van der Waals surface area contributed by atoms with Crippen LogP contribution < -0.4 is 11.5 Å². The quantitative estimate of drug-likeness (QED) is 0.0139. The monoisotopic (exact) mass is 756 g/mol. The van der Waals surface area contributed by atoms with Gasteiger partial charge in [0.1, 0.15) is 0 Å². The van der Waals surface area contributed by atoms with Gasteiger partial charge >= 0.3 is 15.6 Å². The zero-order valence-electron chi connectivity index (χ0n) is 31.2. The third kappa shape index (κ3) is 31.1. The fourth-order valence-electron chi connectivity index (χ4n) is 5.49. The van der Waals surface area contributed by atoms with Gasteiger partial charge in [-0.15, -0.1) is 0 Å². The van der Waals surface area contributed by atoms with Gasteiger partial charge in [0.25, 0.3) is 0 Å². The molecule has 0 radical (unpaired) electrons. The molecule has 50 heavy (non-hydrogen) atoms. The second-order valence-electron chi connectivity index (χ2n) is 13.6. The molecule has 6 atom stereocenters. The number of hydrogen-bond donors (Lipinski definition) is 7. The average molecular weight is 757 g/mol. The predicted molar refractivity (Wildman–Crippen MR) is 202 cm³/mol. The Kier molecular flexibility index (Phi) is 31.7. The standard InChI is InChI=1S/C36H74N2O10P2/c1-3-5-7-9-11-13-15-17-19-21-23-25-27-29-33(39)32(37)31-46-50(44,45)48-36(47-49(41,42)43)35(38)34(40)30-28-26-24-22-20-18-16-14-12-10-8-6-4-2/h27-30,32-36,39-40H,3-26,31,37-38H2,1-2H3,(H,44,45)(H2,41,42,43)/b29-27+,30-28?/t32-,33+,34?,35?,36?/m0/s1. The number of hydrogen-bond acceptors (Lipinski definition) is 9. The molecule has 0 saturated heterocycles. The van der Waals surface area contributed by atoms with Crippen molar-refractivity contribution in [3.63, 3.8) is 0 Å². The second kappa shape index (κ2) is 32.0. The molecule has 0 bridgehead atoms. The van der Waals surface area contributed by atoms with Crippen LogP contribution in [0.15, 0.2) is 24.3 Å². The lowest BCUT2D eigenvalue weighted by molar-refractivity contribution is -0.0723. The molecule has 0 aromatic carbocycles. The smallest absolute Gasteiger partial charge is 0.387 e. The molecule has 0 aliphatic carbocycles. The molecule has 4 unspecified atom stereocenters. The van der Waals surface area contributed by atoms with Crippen LogP contribution in [0.5, 0.6) is 0 Å². The van der Waals surface area contributed by atoms with Gasteiger partial charge in [0, 0.05) is 0 Å². The van der Waals surface area contributed by atoms with E-state index in [-0.39, 0.29) is 0 Å². The third-order valence-electron chi connectivity index (χ3n) is 8.67. The Morgan fingerprint density at radius 2 is 0.920 bits per heavy atom. The summed E-state index contributed by atoms with van der Waals surface area (Å²) in [4.78, 5) is 28.8. The lowest BCUT2D eigenvalue weighted by Crippen LogP contribution is -2.46. The highest BCUT2D eigenvalue weighted by Crippen LogP contribution is 2.49. The first kappa shape index (κ1) is 49.5. The van der Waals surface area contributed by atoms with Crippen LogP contribution >= 0.6 is 15.6 Å². The van der Waals surface area contributed by atoms with Gasteiger partial charge in [-0.3, -0.25) is 13.6 Å². The molecule has 14 heteroatoms. The van der Waals surface area contributed by atoms with Gasteiger partial charge in [-0.25, -0.2) is 9.13 Å². The van der Waals surface area contributed by atoms with Crippen molar-refractivity contribution in [1.29, 1.82) is 0 Å². The summed E-state index contributed by atoms with van der Waals surface area (Å²) in [7, 11) is -10.3. The highest BCUT2D eigenvalue weighted by atomic mass is 31.2. The Labute approximate surface area is 303 Å². The van der Waals surface area contributed by atoms with Gasteiger partial charge < -0.3 is 36.4 Å². The minimum Gasteiger partial charge on any atom is -0.387 e. The van der Waals surface area contributed by atoms with Crippen molar-refractivity contribution in [2.24, 2.45) is 11.5 Å². The first-order valence-electron chi connectivity index (χ1n) is 19.4. The third-order valence-corrected chi connectivity index (χ3v) is 10.1. The van der Waals surface area contributed by atoms with Crippen LogP contribution in [0.25, 0.3) is 0 Å². The molecule has 0 aromatic heterocycles. The Balaban J connectivity index is 4.48. The molecular formula is C36H74N2O10P2. The average Bonchev–Trinajstić information content (AvgIpc) is 3.06. The number of aliphatic hydroxyl groups excluding tert-OH is 2. The lowest BCUT2D eigenvalue weighted by atomic mass is 10.0. The summed E-state index contributed by atoms with van der Waals surface area (Å²) in [5.74, 6) is 0. The molecule has 0 amide bonds. The van der Waals surface area contributed by atoms with E-state index in [1.807, 2.05) is 6.08 Å². The van der Waals surface area contributed by atoms with E-state index >= 15 is 0 Å². The number of unbranched alkanes of at least 4 members (excludes halogenated alkanes) is 22. The highest BCUT2D eigenvalue weighted by molar-refractivity contribution is 7.47. The van der Waals surface area contributed by atoms with Gasteiger partial charge in [0.05, 0.1) is 30.9 Å². The maximum Gasteiger partial charge on any atom is 0.474 e. The van der Waals surface area contributed by atoms with Crippen LogP contribution in [0.1, 0.15) is 168 Å². The zero-order chi connectivity index (χ0) is 37.5. The van der Waals surface area contributed by atoms with Crippen molar-refractivity contribution in [2.75, 3.05) is 6.61 Å². The van der Waals surface area contributed by atoms with Gasteiger partial charge in [-0.2, -0.15) is 0 Å². The number of aliphatic hydroxyl groups is 2. The second-order valence-corrected chi connectivity index (χ2v) is 16.2. The summed E-state index contributed by atoms with van der Waals surface area (Å²) in [6.07, 6.45) is 29.7. The maximum absolute atomic E-state index is 12.6. The van der Waals surface area contributed by atoms with E-state index in [0.29, 0.717) is 6.42 Å². The van der Waals surface area contributed by atoms with Crippen LogP contribution in [0, 0.1) is 0 Å². The summed E-state index contributed by atoms with van der Waals surface area (Å²) in [5, 5.41) is 20.8. The van der Waals surface area contributed by atoms with E-state index in [1.165, 1.54) is 121 Å². The Hall–Kier alpha value is -0.460. The maximum atomic E-state index is 12.6. The van der Waals surface area contributed by atoms with Gasteiger partial charge in [-0.05, 0) is 25.7 Å². The Morgan fingerprint density at radius 3 is 1.30 bits per heavy atom. The first-order chi connectivity index (χ1) is 23.8. The molecule has 0 rings (SSSR count). The molecule has 0 fully saturated rings. The summed E-state index contributed by atoms with van der Waals surface area (Å²) < 4.78 is 38.3. The molecule has 9 N–H and O–H groups in total. The van der Waals surface area contributed by atoms with Crippen LogP contribution in [0.3, 0.4) is 0 Å². The molecule has 0 saturated carbocycles. The van der Waals surface area contributed by atoms with Crippen LogP contribution in [0.4, 0.5) is 0 Å². The van der Waals surface area contributed by atoms with Gasteiger partial charge in [-0.1, -0.05) is 167 Å². The van der Waals surface area contributed by atoms with Crippen molar-refractivity contribution >= 4 is 15.6 Å². The molecule has 0 aliphatic rings. The van der Waals surface area contributed by atoms with Crippen molar-refractivity contribution in [2.45, 2.75) is 199 Å². The Morgan fingerprint density at radius 1 is 0.560 bits per heavy atom. The minimum absolute atomic E-state index is 0.614. The predicted octanol–water partition coefficient (Wildman–Crippen LogP) is 8.45. The number of nitrogens with two attached hydrogens (primary N) is 2. The van der Waals surface area contributed by atoms with Crippen LogP contribution in [-0.2, 0) is 22.7 Å². The molecule has 12 nitrogen and oxygen atoms in total. The molecule has 0 aliphatic heterocycles. The van der Waals surface area contributed by atoms with Crippen molar-refractivity contribution in [1.82, 2.24) is 0 Å². The van der Waals surface area contributed by atoms with E-state index < -0.39 is 52.8 Å². The highest BCUT2D eigenvalue weighted by Gasteiger charge is 2.38. The lowest BCUT2D eigenvalue weighted by Gasteiger charge is -2.28. The SMILES string of the molecule is CCCCCCCCCCCCCC=CC(O)C(N)C(OP(=O)(O)O)OP(=O)(O)OC[C@H](N)[C@H](O)/C=C/CCCCCCCCCCCCC. The number of rotatable bonds is 36. The van der Waals surface area contributed by atoms with Crippen molar-refractivity contribution in [3.05, 3.63) is 24.3 Å². The van der Waals surface area contributed by atoms with E-state index in [0.717, 1.165) is 38.5 Å². The molecule has 298 valence electrons. The van der Waals surface area contributed by atoms with E-state index in [1.54, 1.807) is 6.08 Å². The molecular weight excluding hydrogens is 682 g/mol. The molecule has 0 aromatic rings. The summed E-state index contributed by atoms with van der Waals surface area (Å²) in [6, 6.07) is -2.73. The number of phosphoric ester groups is 2. The van der Waals surface area contributed by atoms with Crippen LogP contribution in [-0.4, -0.2) is 62.1 Å².